The van der Waals surface area contributed by atoms with Crippen molar-refractivity contribution in [3.05, 3.63) is 23.8 Å². The molecule has 5 aliphatic carbocycles. The Morgan fingerprint density at radius 3 is 2.10 bits per heavy atom. The summed E-state index contributed by atoms with van der Waals surface area (Å²) >= 11 is 10.9. The van der Waals surface area contributed by atoms with E-state index in [0.717, 1.165) is 24.8 Å². The second-order valence-corrected chi connectivity index (χ2v) is 23.2. The van der Waals surface area contributed by atoms with Crippen LogP contribution < -0.4 is 14.2 Å². The molecule has 1 aromatic carbocycles. The number of halogens is 4. The van der Waals surface area contributed by atoms with Crippen LogP contribution in [0.3, 0.4) is 0 Å². The number of alkyl halides is 3. The van der Waals surface area contributed by atoms with E-state index in [2.05, 4.69) is 125 Å². The molecule has 274 valence electrons. The highest BCUT2D eigenvalue weighted by molar-refractivity contribution is 14.1. The molecule has 7 unspecified atom stereocenters. The van der Waals surface area contributed by atoms with Crippen LogP contribution in [0.1, 0.15) is 104 Å². The molecule has 0 heterocycles. The molecule has 10 heteroatoms. The van der Waals surface area contributed by atoms with Crippen molar-refractivity contribution in [3.8, 4) is 17.2 Å². The molecule has 0 spiro atoms. The minimum absolute atomic E-state index is 0.0300. The van der Waals surface area contributed by atoms with Gasteiger partial charge in [0, 0.05) is 21.8 Å². The number of rotatable bonds is 8. The van der Waals surface area contributed by atoms with Crippen molar-refractivity contribution in [2.24, 2.45) is 39.4 Å². The maximum atomic E-state index is 13.4. The number of methoxy groups -OCH3 is 3. The van der Waals surface area contributed by atoms with E-state index in [1.54, 1.807) is 33.5 Å². The second kappa shape index (κ2) is 13.8. The van der Waals surface area contributed by atoms with Gasteiger partial charge in [0.25, 0.3) is 0 Å². The van der Waals surface area contributed by atoms with Crippen molar-refractivity contribution in [1.29, 1.82) is 0 Å². The smallest absolute Gasteiger partial charge is 0.330 e. The lowest BCUT2D eigenvalue weighted by atomic mass is 9.33. The molecule has 5 fully saturated rings. The molecule has 0 saturated heterocycles. The zero-order valence-corrected chi connectivity index (χ0v) is 39.0. The largest absolute Gasteiger partial charge is 0.493 e. The molecule has 6 rings (SSSR count). The van der Waals surface area contributed by atoms with Crippen LogP contribution in [0.2, 0.25) is 0 Å². The van der Waals surface area contributed by atoms with Crippen LogP contribution in [0, 0.1) is 39.4 Å². The van der Waals surface area contributed by atoms with E-state index in [1.807, 2.05) is 12.1 Å². The third-order valence-corrected chi connectivity index (χ3v) is 24.2. The number of carbonyl (C=O) groups is 1. The standard InChI is InChI=1S/C39H54I4O6/c1-24-11-17-37(23-48-31(44)10-9-25-21-26(45-6)32(47-8)27(22-25)46-7)20-19-35(4)34(3)16-12-29-33(2,15-14-30(49-43)36(29,5)40)28(34)13-18-38(35,41)39(24,37)42/h9-10,21-22,24,28-30H,11-20,23H2,1-8H3/b10-9+/t24-,28?,29?,30?,33?,34?,35+,36-,37?,38?,39-/m1/s1. The first-order valence-corrected chi connectivity index (χ1v) is 22.1. The summed E-state index contributed by atoms with van der Waals surface area (Å²) in [7, 11) is 4.78. The van der Waals surface area contributed by atoms with E-state index >= 15 is 0 Å². The molecule has 0 amide bonds. The number of fused-ring (bicyclic) bond motifs is 7. The maximum Gasteiger partial charge on any atom is 0.330 e. The number of ether oxygens (including phenoxy) is 4. The van der Waals surface area contributed by atoms with Crippen LogP contribution in [-0.2, 0) is 12.6 Å². The molecule has 0 radical (unpaired) electrons. The topological polar surface area (TPSA) is 63.2 Å². The van der Waals surface area contributed by atoms with Crippen molar-refractivity contribution in [1.82, 2.24) is 0 Å². The molecular formula is C39H54I4O6. The van der Waals surface area contributed by atoms with Crippen molar-refractivity contribution < 1.29 is 26.8 Å². The summed E-state index contributed by atoms with van der Waals surface area (Å²) in [5.74, 6) is 3.27. The quantitative estimate of drug-likeness (QED) is 0.112. The number of hydrogen-bond acceptors (Lipinski definition) is 6. The van der Waals surface area contributed by atoms with E-state index < -0.39 is 0 Å². The summed E-state index contributed by atoms with van der Waals surface area (Å²) in [6.07, 6.45) is 15.8. The van der Waals surface area contributed by atoms with Gasteiger partial charge in [-0.25, -0.2) is 4.79 Å². The Morgan fingerprint density at radius 2 is 1.49 bits per heavy atom. The fraction of sp³-hybridized carbons (Fsp3) is 0.769. The number of benzene rings is 1. The molecule has 0 bridgehead atoms. The van der Waals surface area contributed by atoms with Gasteiger partial charge >= 0.3 is 5.97 Å². The highest BCUT2D eigenvalue weighted by atomic mass is 127. The maximum absolute atomic E-state index is 13.4. The summed E-state index contributed by atoms with van der Waals surface area (Å²) < 4.78 is 29.1. The van der Waals surface area contributed by atoms with Crippen LogP contribution >= 0.6 is 90.8 Å². The summed E-state index contributed by atoms with van der Waals surface area (Å²) in [4.78, 5) is 13.4. The third-order valence-electron chi connectivity index (χ3n) is 15.4. The highest BCUT2D eigenvalue weighted by Gasteiger charge is 2.80. The molecule has 0 aliphatic heterocycles. The van der Waals surface area contributed by atoms with Gasteiger partial charge in [0.2, 0.25) is 5.75 Å². The van der Waals surface area contributed by atoms with Crippen molar-refractivity contribution in [3.63, 3.8) is 0 Å². The van der Waals surface area contributed by atoms with Crippen LogP contribution in [0.25, 0.3) is 6.08 Å². The van der Waals surface area contributed by atoms with Crippen LogP contribution in [0.15, 0.2) is 18.2 Å². The Labute approximate surface area is 349 Å². The predicted octanol–water partition coefficient (Wildman–Crippen LogP) is 11.4. The fourth-order valence-electron chi connectivity index (χ4n) is 12.6. The van der Waals surface area contributed by atoms with Gasteiger partial charge in [0.15, 0.2) is 11.5 Å². The van der Waals surface area contributed by atoms with E-state index in [1.165, 1.54) is 44.9 Å². The minimum atomic E-state index is -0.299. The lowest BCUT2D eigenvalue weighted by Gasteiger charge is -2.76. The zero-order valence-electron chi connectivity index (χ0n) is 30.4. The van der Waals surface area contributed by atoms with Crippen molar-refractivity contribution >= 4 is 103 Å². The average Bonchev–Trinajstić information content (AvgIpc) is 3.34. The van der Waals surface area contributed by atoms with Gasteiger partial charge in [-0.2, -0.15) is 0 Å². The van der Waals surface area contributed by atoms with Gasteiger partial charge in [-0.1, -0.05) is 95.5 Å². The van der Waals surface area contributed by atoms with E-state index in [0.29, 0.717) is 53.1 Å². The SMILES string of the molecule is COc1cc(/C=C/C(=O)OCC23CC[C@@H](C)[C@]2(I)C2(I)CCC4C5(C)CCC(OI)[C@](C)(I)C5CCC4(C)[C@]2(C)CC3)cc(OC)c1OC. The molecule has 11 atom stereocenters. The zero-order chi connectivity index (χ0) is 35.8. The minimum Gasteiger partial charge on any atom is -0.493 e. The number of carbonyl (C=O) groups excluding carboxylic acids is 1. The third kappa shape index (κ3) is 5.52. The summed E-state index contributed by atoms with van der Waals surface area (Å²) in [6, 6.07) is 3.68. The van der Waals surface area contributed by atoms with Gasteiger partial charge in [-0.15, -0.1) is 0 Å². The second-order valence-electron chi connectivity index (χ2n) is 16.8. The first-order valence-electron chi connectivity index (χ1n) is 18.0. The average molecular weight is 1130 g/mol. The number of esters is 1. The Kier molecular flexibility index (Phi) is 11.1. The Morgan fingerprint density at radius 1 is 0.837 bits per heavy atom. The first kappa shape index (κ1) is 39.4. The first-order chi connectivity index (χ1) is 23.0. The Balaban J connectivity index is 1.26. The van der Waals surface area contributed by atoms with Crippen LogP contribution in [-0.4, -0.2) is 50.3 Å². The van der Waals surface area contributed by atoms with Crippen molar-refractivity contribution in [2.75, 3.05) is 27.9 Å². The number of hydrogen-bond donors (Lipinski definition) is 0. The van der Waals surface area contributed by atoms with Gasteiger partial charge in [-0.3, -0.25) is 0 Å². The van der Waals surface area contributed by atoms with Crippen LogP contribution in [0.4, 0.5) is 0 Å². The van der Waals surface area contributed by atoms with E-state index in [9.17, 15) is 4.79 Å². The normalized spacial score (nSPS) is 45.9. The lowest BCUT2D eigenvalue weighted by molar-refractivity contribution is -0.209. The molecule has 5 saturated carbocycles. The Hall–Kier alpha value is 0.710. The summed E-state index contributed by atoms with van der Waals surface area (Å²) in [5.41, 5.74) is 1.52. The lowest BCUT2D eigenvalue weighted by Crippen LogP contribution is -2.76. The van der Waals surface area contributed by atoms with Gasteiger partial charge < -0.3 is 22.0 Å². The van der Waals surface area contributed by atoms with Gasteiger partial charge in [0.1, 0.15) is 23.0 Å². The molecule has 5 aliphatic rings. The van der Waals surface area contributed by atoms with E-state index in [-0.39, 0.29) is 32.5 Å². The molecule has 0 N–H and O–H groups in total. The van der Waals surface area contributed by atoms with Crippen LogP contribution in [0.5, 0.6) is 17.2 Å². The van der Waals surface area contributed by atoms with Gasteiger partial charge in [-0.05, 0) is 129 Å². The summed E-state index contributed by atoms with van der Waals surface area (Å²) in [5, 5.41) is 0. The monoisotopic (exact) mass is 1130 g/mol. The van der Waals surface area contributed by atoms with Gasteiger partial charge in [0.05, 0.1) is 34.0 Å². The molecular weight excluding hydrogens is 1070 g/mol. The molecule has 1 aromatic rings. The molecule has 0 aromatic heterocycles. The Bertz CT molecular complexity index is 1460. The molecule has 6 nitrogen and oxygen atoms in total. The van der Waals surface area contributed by atoms with E-state index in [4.69, 9.17) is 22.0 Å². The predicted molar refractivity (Wildman–Crippen MR) is 230 cm³/mol. The molecule has 49 heavy (non-hydrogen) atoms. The summed E-state index contributed by atoms with van der Waals surface area (Å²) in [6.45, 7) is 13.5. The highest BCUT2D eigenvalue weighted by Crippen LogP contribution is 2.82. The van der Waals surface area contributed by atoms with Crippen molar-refractivity contribution in [2.45, 2.75) is 115 Å². The fourth-order valence-corrected chi connectivity index (χ4v) is 19.5.